The van der Waals surface area contributed by atoms with Crippen molar-refractivity contribution >= 4 is 16.7 Å². The van der Waals surface area contributed by atoms with Crippen LogP contribution in [0.3, 0.4) is 0 Å². The molecule has 0 bridgehead atoms. The van der Waals surface area contributed by atoms with Crippen LogP contribution < -0.4 is 16.6 Å². The third-order valence-corrected chi connectivity index (χ3v) is 4.19. The number of pyridine rings is 1. The molecular weight excluding hydrogens is 284 g/mol. The summed E-state index contributed by atoms with van der Waals surface area (Å²) in [5.74, 6) is 0. The number of aryl methyl sites for hydroxylation is 2. The number of hydrogen-bond donors (Lipinski definition) is 1. The lowest BCUT2D eigenvalue weighted by atomic mass is 10.1. The Balaban J connectivity index is 2.13. The number of ether oxygens (including phenoxy) is 1. The maximum atomic E-state index is 12.5. The largest absolute Gasteiger partial charge is 0.381 e. The van der Waals surface area contributed by atoms with Crippen molar-refractivity contribution in [3.05, 3.63) is 32.6 Å². The third kappa shape index (κ3) is 2.31. The summed E-state index contributed by atoms with van der Waals surface area (Å²) >= 11 is 0. The Labute approximate surface area is 127 Å². The molecule has 3 heterocycles. The number of rotatable bonds is 3. The number of fused-ring (bicyclic) bond motifs is 1. The normalized spacial score (nSPS) is 18.0. The second-order valence-electron chi connectivity index (χ2n) is 5.74. The minimum atomic E-state index is -0.376. The zero-order chi connectivity index (χ0) is 15.9. The van der Waals surface area contributed by atoms with Crippen LogP contribution in [-0.4, -0.2) is 33.4 Å². The molecule has 0 amide bonds. The van der Waals surface area contributed by atoms with E-state index in [1.54, 1.807) is 13.2 Å². The van der Waals surface area contributed by atoms with Gasteiger partial charge in [-0.2, -0.15) is 0 Å². The Morgan fingerprint density at radius 2 is 2.14 bits per heavy atom. The van der Waals surface area contributed by atoms with Crippen LogP contribution in [0, 0.1) is 6.92 Å². The van der Waals surface area contributed by atoms with E-state index in [0.29, 0.717) is 17.6 Å². The first-order valence-corrected chi connectivity index (χ1v) is 7.41. The minimum Gasteiger partial charge on any atom is -0.381 e. The Morgan fingerprint density at radius 3 is 2.82 bits per heavy atom. The summed E-state index contributed by atoms with van der Waals surface area (Å²) in [5.41, 5.74) is 1.30. The van der Waals surface area contributed by atoms with Crippen LogP contribution >= 0.6 is 0 Å². The lowest BCUT2D eigenvalue weighted by Gasteiger charge is -2.16. The molecule has 3 rings (SSSR count). The van der Waals surface area contributed by atoms with E-state index in [1.807, 2.05) is 6.92 Å². The lowest BCUT2D eigenvalue weighted by Crippen LogP contribution is -2.37. The monoisotopic (exact) mass is 304 g/mol. The highest BCUT2D eigenvalue weighted by molar-refractivity contribution is 5.89. The molecule has 1 atom stereocenters. The molecule has 2 aromatic heterocycles. The molecule has 118 valence electrons. The molecule has 0 spiro atoms. The van der Waals surface area contributed by atoms with Crippen LogP contribution in [0.5, 0.6) is 0 Å². The Bertz CT molecular complexity index is 831. The van der Waals surface area contributed by atoms with Gasteiger partial charge >= 0.3 is 5.69 Å². The summed E-state index contributed by atoms with van der Waals surface area (Å²) < 4.78 is 8.11. The van der Waals surface area contributed by atoms with E-state index < -0.39 is 0 Å². The number of anilines is 1. The summed E-state index contributed by atoms with van der Waals surface area (Å²) in [6.45, 7) is 3.33. The minimum absolute atomic E-state index is 0.166. The van der Waals surface area contributed by atoms with Crippen LogP contribution in [-0.2, 0) is 18.8 Å². The van der Waals surface area contributed by atoms with Crippen LogP contribution in [0.4, 0.5) is 5.69 Å². The highest BCUT2D eigenvalue weighted by Gasteiger charge is 2.19. The number of nitrogens with one attached hydrogen (secondary N) is 1. The van der Waals surface area contributed by atoms with Crippen LogP contribution in [0.1, 0.15) is 18.4 Å². The third-order valence-electron chi connectivity index (χ3n) is 4.19. The van der Waals surface area contributed by atoms with Gasteiger partial charge < -0.3 is 10.1 Å². The highest BCUT2D eigenvalue weighted by atomic mass is 16.5. The molecule has 7 nitrogen and oxygen atoms in total. The Hall–Kier alpha value is -2.15. The van der Waals surface area contributed by atoms with Crippen molar-refractivity contribution in [1.29, 1.82) is 0 Å². The predicted molar refractivity (Wildman–Crippen MR) is 84.4 cm³/mol. The fourth-order valence-electron chi connectivity index (χ4n) is 2.87. The maximum absolute atomic E-state index is 12.5. The first-order chi connectivity index (χ1) is 10.5. The van der Waals surface area contributed by atoms with E-state index in [-0.39, 0.29) is 17.4 Å². The molecule has 0 aliphatic carbocycles. The second-order valence-corrected chi connectivity index (χ2v) is 5.74. The number of nitrogens with zero attached hydrogens (tertiary/aromatic N) is 3. The van der Waals surface area contributed by atoms with Gasteiger partial charge in [0.1, 0.15) is 5.39 Å². The van der Waals surface area contributed by atoms with E-state index in [1.165, 1.54) is 11.6 Å². The first kappa shape index (κ1) is 14.8. The lowest BCUT2D eigenvalue weighted by molar-refractivity contribution is 0.120. The maximum Gasteiger partial charge on any atom is 0.332 e. The van der Waals surface area contributed by atoms with Gasteiger partial charge in [-0.3, -0.25) is 13.9 Å². The molecule has 0 unspecified atom stereocenters. The predicted octanol–water partition coefficient (Wildman–Crippen LogP) is 0.532. The van der Waals surface area contributed by atoms with Gasteiger partial charge in [0.05, 0.1) is 11.8 Å². The van der Waals surface area contributed by atoms with E-state index in [0.717, 1.165) is 35.3 Å². The summed E-state index contributed by atoms with van der Waals surface area (Å²) in [6, 6.07) is 0. The van der Waals surface area contributed by atoms with Crippen molar-refractivity contribution in [2.75, 3.05) is 18.5 Å². The molecule has 0 saturated carbocycles. The molecule has 1 aliphatic heterocycles. The van der Waals surface area contributed by atoms with Crippen LogP contribution in [0.15, 0.2) is 15.8 Å². The van der Waals surface area contributed by atoms with Crippen LogP contribution in [0.2, 0.25) is 0 Å². The zero-order valence-corrected chi connectivity index (χ0v) is 13.0. The van der Waals surface area contributed by atoms with Crippen molar-refractivity contribution in [3.8, 4) is 0 Å². The van der Waals surface area contributed by atoms with Gasteiger partial charge in [-0.05, 0) is 25.3 Å². The fraction of sp³-hybridized carbons (Fsp3) is 0.533. The van der Waals surface area contributed by atoms with E-state index in [2.05, 4.69) is 10.3 Å². The average Bonchev–Trinajstić information content (AvgIpc) is 3.02. The average molecular weight is 304 g/mol. The van der Waals surface area contributed by atoms with Gasteiger partial charge in [0.25, 0.3) is 5.56 Å². The molecule has 1 aliphatic rings. The molecule has 1 N–H and O–H groups in total. The summed E-state index contributed by atoms with van der Waals surface area (Å²) in [6.07, 6.45) is 3.93. The number of aromatic nitrogens is 3. The molecule has 1 saturated heterocycles. The molecule has 0 aromatic carbocycles. The molecule has 22 heavy (non-hydrogen) atoms. The smallest absolute Gasteiger partial charge is 0.332 e. The first-order valence-electron chi connectivity index (χ1n) is 7.41. The standard InChI is InChI=1S/C15H20N4O3/c1-9-7-17-13-11(14(20)19(3)15(21)18(13)2)12(9)16-8-10-5-4-6-22-10/h7,10H,4-6,8H2,1-3H3,(H,16,17)/t10-/m0/s1. The Morgan fingerprint density at radius 1 is 1.36 bits per heavy atom. The van der Waals surface area contributed by atoms with Gasteiger partial charge in [-0.25, -0.2) is 9.78 Å². The molecule has 2 aromatic rings. The van der Waals surface area contributed by atoms with E-state index in [4.69, 9.17) is 4.74 Å². The summed E-state index contributed by atoms with van der Waals surface area (Å²) in [5, 5.41) is 3.77. The number of hydrogen-bond acceptors (Lipinski definition) is 5. The van der Waals surface area contributed by atoms with E-state index in [9.17, 15) is 9.59 Å². The van der Waals surface area contributed by atoms with Crippen molar-refractivity contribution in [2.24, 2.45) is 14.1 Å². The molecular formula is C15H20N4O3. The van der Waals surface area contributed by atoms with Gasteiger partial charge in [0.2, 0.25) is 0 Å². The molecule has 1 fully saturated rings. The quantitative estimate of drug-likeness (QED) is 0.895. The summed E-state index contributed by atoms with van der Waals surface area (Å²) in [7, 11) is 3.10. The topological polar surface area (TPSA) is 78.2 Å². The van der Waals surface area contributed by atoms with Crippen molar-refractivity contribution in [1.82, 2.24) is 14.1 Å². The zero-order valence-electron chi connectivity index (χ0n) is 13.0. The molecule has 0 radical (unpaired) electrons. The van der Waals surface area contributed by atoms with Gasteiger partial charge in [-0.1, -0.05) is 0 Å². The van der Waals surface area contributed by atoms with Crippen molar-refractivity contribution < 1.29 is 4.74 Å². The van der Waals surface area contributed by atoms with E-state index >= 15 is 0 Å². The molecule has 7 heteroatoms. The Kier molecular flexibility index (Phi) is 3.74. The van der Waals surface area contributed by atoms with Crippen LogP contribution in [0.25, 0.3) is 11.0 Å². The highest BCUT2D eigenvalue weighted by Crippen LogP contribution is 2.22. The van der Waals surface area contributed by atoms with Crippen molar-refractivity contribution in [2.45, 2.75) is 25.9 Å². The van der Waals surface area contributed by atoms with Gasteiger partial charge in [0, 0.05) is 33.4 Å². The van der Waals surface area contributed by atoms with Crippen molar-refractivity contribution in [3.63, 3.8) is 0 Å². The summed E-state index contributed by atoms with van der Waals surface area (Å²) in [4.78, 5) is 28.8. The fourth-order valence-corrected chi connectivity index (χ4v) is 2.87. The van der Waals surface area contributed by atoms with Gasteiger partial charge in [0.15, 0.2) is 5.65 Å². The van der Waals surface area contributed by atoms with Gasteiger partial charge in [-0.15, -0.1) is 0 Å². The second kappa shape index (κ2) is 5.57. The SMILES string of the molecule is Cc1cnc2c(c1NC[C@@H]1CCCO1)c(=O)n(C)c(=O)n2C.